The van der Waals surface area contributed by atoms with Crippen LogP contribution in [0.1, 0.15) is 73.2 Å². The SMILES string of the molecule is C=C/C(=C\C(C)=N)n1c2ccc(C3=CCN=C3)cc2c2cc3c4c(c21)CCc1cc2c(/C(C=N)=C/C)c(CCC)n(C5=CC5C)c2c(c1-4)CC3. The Morgan fingerprint density at radius 1 is 1.00 bits per heavy atom. The monoisotopic (exact) mass is 653 g/mol. The smallest absolute Gasteiger partial charge is 0.0580 e. The normalized spacial score (nSPS) is 17.8. The summed E-state index contributed by atoms with van der Waals surface area (Å²) in [6.45, 7) is 13.5. The summed E-state index contributed by atoms with van der Waals surface area (Å²) in [4.78, 5) is 4.47. The number of allylic oxidation sites excluding steroid dienone is 8. The van der Waals surface area contributed by atoms with Gasteiger partial charge in [0.1, 0.15) is 0 Å². The maximum absolute atomic E-state index is 8.42. The Morgan fingerprint density at radius 2 is 1.72 bits per heavy atom. The molecule has 2 N–H and O–H groups in total. The van der Waals surface area contributed by atoms with E-state index in [9.17, 15) is 0 Å². The van der Waals surface area contributed by atoms with Crippen molar-refractivity contribution in [3.05, 3.63) is 106 Å². The largest absolute Gasteiger partial charge is 0.316 e. The van der Waals surface area contributed by atoms with Crippen molar-refractivity contribution < 1.29 is 0 Å². The van der Waals surface area contributed by atoms with Crippen LogP contribution in [0.15, 0.2) is 72.3 Å². The minimum atomic E-state index is 0.464. The predicted molar refractivity (Wildman–Crippen MR) is 214 cm³/mol. The number of aryl methyl sites for hydroxylation is 4. The third-order valence-corrected chi connectivity index (χ3v) is 11.4. The zero-order valence-electron chi connectivity index (χ0n) is 29.5. The van der Waals surface area contributed by atoms with Crippen molar-refractivity contribution in [1.29, 1.82) is 10.8 Å². The number of aliphatic imine (C=N–C) groups is 1. The van der Waals surface area contributed by atoms with Gasteiger partial charge in [-0.25, -0.2) is 0 Å². The Balaban J connectivity index is 1.40. The molecule has 3 aromatic carbocycles. The molecule has 5 nitrogen and oxygen atoms in total. The van der Waals surface area contributed by atoms with Crippen molar-refractivity contribution in [1.82, 2.24) is 9.13 Å². The second kappa shape index (κ2) is 11.4. The fourth-order valence-electron chi connectivity index (χ4n) is 9.28. The van der Waals surface area contributed by atoms with E-state index in [0.717, 1.165) is 61.9 Å². The first-order valence-electron chi connectivity index (χ1n) is 18.2. The molecule has 5 heteroatoms. The lowest BCUT2D eigenvalue weighted by molar-refractivity contribution is 0.842. The van der Waals surface area contributed by atoms with E-state index in [1.54, 1.807) is 6.21 Å². The topological polar surface area (TPSA) is 69.9 Å². The Bertz CT molecular complexity index is 2550. The zero-order chi connectivity index (χ0) is 34.4. The molecule has 50 heavy (non-hydrogen) atoms. The first-order valence-corrected chi connectivity index (χ1v) is 18.2. The molecule has 1 atom stereocenters. The quantitative estimate of drug-likeness (QED) is 0.117. The van der Waals surface area contributed by atoms with Crippen LogP contribution >= 0.6 is 0 Å². The Kier molecular flexibility index (Phi) is 7.00. The summed E-state index contributed by atoms with van der Waals surface area (Å²) in [5, 5.41) is 20.7. The van der Waals surface area contributed by atoms with Crippen molar-refractivity contribution in [2.45, 2.75) is 66.2 Å². The summed E-state index contributed by atoms with van der Waals surface area (Å²) in [5.74, 6) is 0.464. The molecule has 248 valence electrons. The van der Waals surface area contributed by atoms with Gasteiger partial charge >= 0.3 is 0 Å². The molecule has 0 spiro atoms. The Morgan fingerprint density at radius 3 is 2.32 bits per heavy atom. The van der Waals surface area contributed by atoms with Gasteiger partial charge < -0.3 is 20.0 Å². The molecule has 0 bridgehead atoms. The first-order chi connectivity index (χ1) is 24.4. The minimum Gasteiger partial charge on any atom is -0.316 e. The van der Waals surface area contributed by atoms with Crippen LogP contribution in [0.5, 0.6) is 0 Å². The van der Waals surface area contributed by atoms with Crippen molar-refractivity contribution in [2.75, 3.05) is 6.54 Å². The lowest BCUT2D eigenvalue weighted by Gasteiger charge is -2.31. The van der Waals surface area contributed by atoms with Gasteiger partial charge in [-0.05, 0) is 132 Å². The van der Waals surface area contributed by atoms with E-state index in [0.29, 0.717) is 11.6 Å². The maximum Gasteiger partial charge on any atom is 0.0580 e. The van der Waals surface area contributed by atoms with Crippen LogP contribution in [0.3, 0.4) is 0 Å². The number of benzene rings is 3. The van der Waals surface area contributed by atoms with Crippen molar-refractivity contribution in [2.24, 2.45) is 10.9 Å². The third-order valence-electron chi connectivity index (χ3n) is 11.4. The van der Waals surface area contributed by atoms with Gasteiger partial charge in [-0.2, -0.15) is 0 Å². The van der Waals surface area contributed by atoms with Crippen LogP contribution in [-0.2, 0) is 32.1 Å². The lowest BCUT2D eigenvalue weighted by Crippen LogP contribution is -2.16. The highest BCUT2D eigenvalue weighted by molar-refractivity contribution is 6.19. The summed E-state index contributed by atoms with van der Waals surface area (Å²) in [6.07, 6.45) is 20.1. The van der Waals surface area contributed by atoms with E-state index in [2.05, 4.69) is 90.0 Å². The number of nitrogens with one attached hydrogen (secondary N) is 2. The highest BCUT2D eigenvalue weighted by Crippen LogP contribution is 2.52. The number of nitrogens with zero attached hydrogens (tertiary/aromatic N) is 3. The zero-order valence-corrected chi connectivity index (χ0v) is 29.5. The van der Waals surface area contributed by atoms with E-state index in [1.807, 2.05) is 25.3 Å². The molecule has 3 aliphatic carbocycles. The third kappa shape index (κ3) is 4.28. The minimum absolute atomic E-state index is 0.464. The van der Waals surface area contributed by atoms with Gasteiger partial charge in [0.15, 0.2) is 0 Å². The van der Waals surface area contributed by atoms with E-state index >= 15 is 0 Å². The highest BCUT2D eigenvalue weighted by atomic mass is 15.0. The van der Waals surface area contributed by atoms with Crippen LogP contribution in [0, 0.1) is 16.7 Å². The van der Waals surface area contributed by atoms with Crippen LogP contribution in [0.25, 0.3) is 66.4 Å². The van der Waals surface area contributed by atoms with Crippen molar-refractivity contribution in [3.63, 3.8) is 0 Å². The maximum atomic E-state index is 8.42. The summed E-state index contributed by atoms with van der Waals surface area (Å²) in [5.41, 5.74) is 21.2. The van der Waals surface area contributed by atoms with E-state index in [-0.39, 0.29) is 0 Å². The standard InChI is InChI=1S/C45H43N5/c1-6-9-39-41(27(7-2)23-46)37-22-30-11-13-33-42-29(10-14-34(43(30)42)45(37)50(39)40-18-25(40)4)21-36-35-20-28(31-16-17-48-24-31)12-15-38(35)49(44(33)36)32(8-3)19-26(5)47/h7-8,12,15-16,18-25,46-47H,3,6,9-11,13-14,17H2,1-2,4-5H3/b27-7+,32-19+,46-23?,47-26?. The highest BCUT2D eigenvalue weighted by Gasteiger charge is 2.36. The van der Waals surface area contributed by atoms with Crippen LogP contribution in [0.2, 0.25) is 0 Å². The molecule has 1 unspecified atom stereocenters. The molecule has 4 aliphatic rings. The summed E-state index contributed by atoms with van der Waals surface area (Å²) < 4.78 is 4.98. The number of hydrogen-bond acceptors (Lipinski definition) is 3. The molecule has 1 aliphatic heterocycles. The molecule has 0 saturated heterocycles. The molecular formula is C45H43N5. The van der Waals surface area contributed by atoms with E-state index in [1.165, 1.54) is 88.7 Å². The fourth-order valence-corrected chi connectivity index (χ4v) is 9.28. The predicted octanol–water partition coefficient (Wildman–Crippen LogP) is 10.6. The van der Waals surface area contributed by atoms with Gasteiger partial charge in [0, 0.05) is 62.9 Å². The van der Waals surface area contributed by atoms with Gasteiger partial charge in [0.05, 0.1) is 23.1 Å². The molecule has 5 aromatic rings. The summed E-state index contributed by atoms with van der Waals surface area (Å²) in [6, 6.07) is 11.8. The average molecular weight is 654 g/mol. The summed E-state index contributed by atoms with van der Waals surface area (Å²) in [7, 11) is 0. The Hall–Kier alpha value is -5.29. The molecular weight excluding hydrogens is 611 g/mol. The van der Waals surface area contributed by atoms with Crippen molar-refractivity contribution >= 4 is 73.4 Å². The Labute approximate surface area is 293 Å². The molecule has 0 amide bonds. The second-order valence-corrected chi connectivity index (χ2v) is 14.4. The van der Waals surface area contributed by atoms with Crippen LogP contribution in [0.4, 0.5) is 0 Å². The average Bonchev–Trinajstić information content (AvgIpc) is 3.44. The second-order valence-electron chi connectivity index (χ2n) is 14.4. The molecule has 9 rings (SSSR count). The molecule has 0 radical (unpaired) electrons. The molecule has 0 fully saturated rings. The van der Waals surface area contributed by atoms with Crippen LogP contribution < -0.4 is 0 Å². The van der Waals surface area contributed by atoms with Crippen molar-refractivity contribution in [3.8, 4) is 11.1 Å². The first kappa shape index (κ1) is 30.7. The van der Waals surface area contributed by atoms with Gasteiger partial charge in [0.25, 0.3) is 0 Å². The van der Waals surface area contributed by atoms with Crippen LogP contribution in [-0.4, -0.2) is 33.8 Å². The molecule has 3 heterocycles. The number of fused-ring (bicyclic) bond motifs is 6. The van der Waals surface area contributed by atoms with E-state index < -0.39 is 0 Å². The fraction of sp³-hybridized carbons (Fsp3) is 0.267. The number of hydrogen-bond donors (Lipinski definition) is 2. The number of aromatic nitrogens is 2. The molecule has 0 saturated carbocycles. The van der Waals surface area contributed by atoms with Gasteiger partial charge in [0.2, 0.25) is 0 Å². The van der Waals surface area contributed by atoms with Gasteiger partial charge in [-0.3, -0.25) is 4.99 Å². The van der Waals surface area contributed by atoms with E-state index in [4.69, 9.17) is 10.8 Å². The summed E-state index contributed by atoms with van der Waals surface area (Å²) >= 11 is 0. The molecule has 2 aromatic heterocycles. The van der Waals surface area contributed by atoms with Gasteiger partial charge in [-0.15, -0.1) is 0 Å². The number of rotatable bonds is 9. The van der Waals surface area contributed by atoms with Gasteiger partial charge in [-0.1, -0.05) is 51.1 Å². The lowest BCUT2D eigenvalue weighted by atomic mass is 9.73.